The highest BCUT2D eigenvalue weighted by atomic mass is 16.6. The molecule has 1 amide bonds. The van der Waals surface area contributed by atoms with Gasteiger partial charge in [0.25, 0.3) is 0 Å². The van der Waals surface area contributed by atoms with Crippen LogP contribution in [0.5, 0.6) is 0 Å². The fourth-order valence-corrected chi connectivity index (χ4v) is 2.63. The maximum Gasteiger partial charge on any atom is 0.407 e. The monoisotopic (exact) mass is 301 g/mol. The van der Waals surface area contributed by atoms with Crippen LogP contribution in [0.25, 0.3) is 0 Å². The van der Waals surface area contributed by atoms with E-state index >= 15 is 0 Å². The third-order valence-corrected chi connectivity index (χ3v) is 3.51. The minimum atomic E-state index is -0.494. The number of hydrogen-bond donors (Lipinski definition) is 1. The van der Waals surface area contributed by atoms with E-state index in [1.54, 1.807) is 0 Å². The Balaban J connectivity index is 2.00. The number of benzene rings is 1. The van der Waals surface area contributed by atoms with E-state index in [1.165, 1.54) is 0 Å². The third-order valence-electron chi connectivity index (χ3n) is 3.51. The van der Waals surface area contributed by atoms with Gasteiger partial charge in [-0.2, -0.15) is 5.26 Å². The number of carbonyl (C=O) groups excluding carboxylic acids is 1. The van der Waals surface area contributed by atoms with Crippen molar-refractivity contribution < 1.29 is 9.53 Å². The number of para-hydroxylation sites is 1. The molecule has 5 heteroatoms. The zero-order chi connectivity index (χ0) is 16.2. The summed E-state index contributed by atoms with van der Waals surface area (Å²) in [4.78, 5) is 14.0. The van der Waals surface area contributed by atoms with Crippen LogP contribution >= 0.6 is 0 Å². The Morgan fingerprint density at radius 3 is 2.82 bits per heavy atom. The second kappa shape index (κ2) is 6.69. The summed E-state index contributed by atoms with van der Waals surface area (Å²) in [5.41, 5.74) is 1.10. The Labute approximate surface area is 131 Å². The molecular weight excluding hydrogens is 278 g/mol. The van der Waals surface area contributed by atoms with E-state index in [2.05, 4.69) is 16.3 Å². The largest absolute Gasteiger partial charge is 0.444 e. The molecule has 1 heterocycles. The summed E-state index contributed by atoms with van der Waals surface area (Å²) in [6.07, 6.45) is 1.51. The van der Waals surface area contributed by atoms with Gasteiger partial charge in [-0.3, -0.25) is 0 Å². The first-order chi connectivity index (χ1) is 10.4. The zero-order valence-corrected chi connectivity index (χ0v) is 13.4. The van der Waals surface area contributed by atoms with Gasteiger partial charge >= 0.3 is 6.09 Å². The van der Waals surface area contributed by atoms with Crippen molar-refractivity contribution in [1.29, 1.82) is 5.26 Å². The molecule has 0 radical (unpaired) electrons. The van der Waals surface area contributed by atoms with Crippen LogP contribution in [0.1, 0.15) is 39.2 Å². The Morgan fingerprint density at radius 2 is 2.14 bits per heavy atom. The number of ether oxygens (including phenoxy) is 1. The van der Waals surface area contributed by atoms with Crippen LogP contribution in [-0.2, 0) is 4.74 Å². The second-order valence-electron chi connectivity index (χ2n) is 6.56. The first-order valence-corrected chi connectivity index (χ1v) is 7.62. The molecule has 0 unspecified atom stereocenters. The standard InChI is InChI=1S/C17H23N3O2/c1-17(2,3)22-16(21)19-14-8-6-10-20(12-14)15-9-5-4-7-13(15)11-18/h4-5,7,9,14H,6,8,10,12H2,1-3H3,(H,19,21)/t14-/m1/s1. The number of carbonyl (C=O) groups is 1. The molecule has 1 atom stereocenters. The number of rotatable bonds is 2. The Kier molecular flexibility index (Phi) is 4.92. The first kappa shape index (κ1) is 16.2. The lowest BCUT2D eigenvalue weighted by Crippen LogP contribution is -2.49. The van der Waals surface area contributed by atoms with Crippen LogP contribution in [-0.4, -0.2) is 30.8 Å². The smallest absolute Gasteiger partial charge is 0.407 e. The maximum absolute atomic E-state index is 11.9. The van der Waals surface area contributed by atoms with Crippen molar-refractivity contribution in [1.82, 2.24) is 5.32 Å². The molecule has 1 N–H and O–H groups in total. The number of nitrogens with zero attached hydrogens (tertiary/aromatic N) is 2. The summed E-state index contributed by atoms with van der Waals surface area (Å²) < 4.78 is 5.31. The summed E-state index contributed by atoms with van der Waals surface area (Å²) in [5, 5.41) is 12.1. The molecule has 0 aliphatic carbocycles. The average molecular weight is 301 g/mol. The predicted molar refractivity (Wildman–Crippen MR) is 85.8 cm³/mol. The molecule has 5 nitrogen and oxygen atoms in total. The number of hydrogen-bond acceptors (Lipinski definition) is 4. The van der Waals surface area contributed by atoms with E-state index in [9.17, 15) is 10.1 Å². The molecule has 1 aromatic carbocycles. The van der Waals surface area contributed by atoms with Crippen LogP contribution in [0, 0.1) is 11.3 Å². The molecule has 0 bridgehead atoms. The van der Waals surface area contributed by atoms with Crippen molar-refractivity contribution in [3.63, 3.8) is 0 Å². The van der Waals surface area contributed by atoms with Gasteiger partial charge in [0.05, 0.1) is 11.3 Å². The summed E-state index contributed by atoms with van der Waals surface area (Å²) in [5.74, 6) is 0. The van der Waals surface area contributed by atoms with Gasteiger partial charge in [0.1, 0.15) is 11.7 Å². The Hall–Kier alpha value is -2.22. The van der Waals surface area contributed by atoms with Crippen LogP contribution in [0.15, 0.2) is 24.3 Å². The molecule has 0 spiro atoms. The normalized spacial score (nSPS) is 18.5. The van der Waals surface area contributed by atoms with Crippen LogP contribution in [0.3, 0.4) is 0 Å². The molecule has 1 fully saturated rings. The summed E-state index contributed by atoms with van der Waals surface area (Å²) in [7, 11) is 0. The van der Waals surface area contributed by atoms with Crippen LogP contribution in [0.4, 0.5) is 10.5 Å². The first-order valence-electron chi connectivity index (χ1n) is 7.62. The lowest BCUT2D eigenvalue weighted by molar-refractivity contribution is 0.0500. The van der Waals surface area contributed by atoms with Crippen molar-refractivity contribution >= 4 is 11.8 Å². The zero-order valence-electron chi connectivity index (χ0n) is 13.4. The summed E-state index contributed by atoms with van der Waals surface area (Å²) >= 11 is 0. The summed E-state index contributed by atoms with van der Waals surface area (Å²) in [6, 6.07) is 9.83. The van der Waals surface area contributed by atoms with E-state index in [0.717, 1.165) is 25.1 Å². The number of nitrogens with one attached hydrogen (secondary N) is 1. The van der Waals surface area contributed by atoms with Crippen molar-refractivity contribution in [2.75, 3.05) is 18.0 Å². The van der Waals surface area contributed by atoms with Gasteiger partial charge in [-0.25, -0.2) is 4.79 Å². The minimum absolute atomic E-state index is 0.0374. The molecule has 22 heavy (non-hydrogen) atoms. The third kappa shape index (κ3) is 4.39. The molecule has 1 aliphatic rings. The highest BCUT2D eigenvalue weighted by Crippen LogP contribution is 2.23. The number of amides is 1. The number of piperidine rings is 1. The highest BCUT2D eigenvalue weighted by molar-refractivity contribution is 5.68. The van der Waals surface area contributed by atoms with Crippen LogP contribution in [0.2, 0.25) is 0 Å². The Bertz CT molecular complexity index is 572. The molecule has 0 saturated carbocycles. The fraction of sp³-hybridized carbons (Fsp3) is 0.529. The van der Waals surface area contributed by atoms with E-state index in [1.807, 2.05) is 45.0 Å². The lowest BCUT2D eigenvalue weighted by Gasteiger charge is -2.35. The highest BCUT2D eigenvalue weighted by Gasteiger charge is 2.25. The van der Waals surface area contributed by atoms with Crippen molar-refractivity contribution in [3.05, 3.63) is 29.8 Å². The van der Waals surface area contributed by atoms with E-state index in [0.29, 0.717) is 12.1 Å². The van der Waals surface area contributed by atoms with Crippen molar-refractivity contribution in [3.8, 4) is 6.07 Å². The second-order valence-corrected chi connectivity index (χ2v) is 6.56. The van der Waals surface area contributed by atoms with E-state index < -0.39 is 5.60 Å². The van der Waals surface area contributed by atoms with Gasteiger partial charge in [0.15, 0.2) is 0 Å². The quantitative estimate of drug-likeness (QED) is 0.911. The maximum atomic E-state index is 11.9. The molecule has 1 saturated heterocycles. The average Bonchev–Trinajstić information content (AvgIpc) is 2.45. The van der Waals surface area contributed by atoms with Gasteiger partial charge < -0.3 is 15.0 Å². The molecule has 0 aromatic heterocycles. The molecule has 118 valence electrons. The van der Waals surface area contributed by atoms with Gasteiger partial charge in [-0.05, 0) is 45.7 Å². The minimum Gasteiger partial charge on any atom is -0.444 e. The van der Waals surface area contributed by atoms with Crippen molar-refractivity contribution in [2.24, 2.45) is 0 Å². The Morgan fingerprint density at radius 1 is 1.41 bits per heavy atom. The van der Waals surface area contributed by atoms with Gasteiger partial charge in [0.2, 0.25) is 0 Å². The molecule has 1 aliphatic heterocycles. The molecule has 1 aromatic rings. The van der Waals surface area contributed by atoms with Crippen LogP contribution < -0.4 is 10.2 Å². The molecular formula is C17H23N3O2. The van der Waals surface area contributed by atoms with Gasteiger partial charge in [-0.15, -0.1) is 0 Å². The van der Waals surface area contributed by atoms with Gasteiger partial charge in [0, 0.05) is 19.1 Å². The number of anilines is 1. The van der Waals surface area contributed by atoms with E-state index in [4.69, 9.17) is 4.74 Å². The number of alkyl carbamates (subject to hydrolysis) is 1. The topological polar surface area (TPSA) is 65.4 Å². The predicted octanol–water partition coefficient (Wildman–Crippen LogP) is 3.05. The number of nitriles is 1. The lowest BCUT2D eigenvalue weighted by atomic mass is 10.0. The molecule has 2 rings (SSSR count). The van der Waals surface area contributed by atoms with Gasteiger partial charge in [-0.1, -0.05) is 12.1 Å². The fourth-order valence-electron chi connectivity index (χ4n) is 2.63. The summed E-state index contributed by atoms with van der Waals surface area (Å²) in [6.45, 7) is 7.14. The van der Waals surface area contributed by atoms with Crippen molar-refractivity contribution in [2.45, 2.75) is 45.3 Å². The van der Waals surface area contributed by atoms with E-state index in [-0.39, 0.29) is 12.1 Å². The SMILES string of the molecule is CC(C)(C)OC(=O)N[C@@H]1CCCN(c2ccccc2C#N)C1.